The van der Waals surface area contributed by atoms with Gasteiger partial charge in [-0.05, 0) is 31.0 Å². The summed E-state index contributed by atoms with van der Waals surface area (Å²) in [6.07, 6.45) is 0.743. The highest BCUT2D eigenvalue weighted by Crippen LogP contribution is 2.21. The molecular formula is C21H24N4O3S. The fraction of sp³-hybridized carbons (Fsp3) is 0.333. The summed E-state index contributed by atoms with van der Waals surface area (Å²) in [7, 11) is -3.76. The first-order valence-electron chi connectivity index (χ1n) is 9.49. The van der Waals surface area contributed by atoms with Crippen molar-refractivity contribution in [1.82, 2.24) is 14.5 Å². The van der Waals surface area contributed by atoms with Gasteiger partial charge in [-0.15, -0.1) is 0 Å². The molecule has 1 aliphatic heterocycles. The maximum absolute atomic E-state index is 12.9. The van der Waals surface area contributed by atoms with E-state index in [2.05, 4.69) is 11.4 Å². The largest absolute Gasteiger partial charge is 0.338 e. The molecule has 0 aromatic heterocycles. The monoisotopic (exact) mass is 412 g/mol. The van der Waals surface area contributed by atoms with E-state index in [0.29, 0.717) is 19.6 Å². The second-order valence-corrected chi connectivity index (χ2v) is 8.88. The second-order valence-electron chi connectivity index (χ2n) is 6.97. The molecule has 0 aliphatic carbocycles. The molecule has 1 N–H and O–H groups in total. The number of sulfonamides is 1. The molecule has 1 saturated heterocycles. The van der Waals surface area contributed by atoms with Crippen molar-refractivity contribution in [2.75, 3.05) is 32.7 Å². The first-order valence-corrected chi connectivity index (χ1v) is 10.9. The van der Waals surface area contributed by atoms with E-state index in [4.69, 9.17) is 0 Å². The third-order valence-electron chi connectivity index (χ3n) is 4.92. The van der Waals surface area contributed by atoms with Crippen LogP contribution in [0.4, 0.5) is 4.79 Å². The Morgan fingerprint density at radius 3 is 2.52 bits per heavy atom. The third-order valence-corrected chi connectivity index (χ3v) is 6.88. The lowest BCUT2D eigenvalue weighted by atomic mass is 10.1. The van der Waals surface area contributed by atoms with E-state index in [1.54, 1.807) is 17.0 Å². The molecule has 2 amide bonds. The Hall–Kier alpha value is -2.89. The average Bonchev–Trinajstić information content (AvgIpc) is 2.73. The van der Waals surface area contributed by atoms with Gasteiger partial charge < -0.3 is 10.2 Å². The molecule has 152 valence electrons. The van der Waals surface area contributed by atoms with Crippen LogP contribution in [0.3, 0.4) is 0 Å². The molecule has 2 aromatic rings. The number of hydrogen-bond donors (Lipinski definition) is 1. The van der Waals surface area contributed by atoms with Gasteiger partial charge in [-0.3, -0.25) is 0 Å². The predicted molar refractivity (Wildman–Crippen MR) is 110 cm³/mol. The van der Waals surface area contributed by atoms with Gasteiger partial charge in [0.05, 0.1) is 10.5 Å². The van der Waals surface area contributed by atoms with Crippen LogP contribution in [0.15, 0.2) is 53.4 Å². The summed E-state index contributed by atoms with van der Waals surface area (Å²) in [6, 6.07) is 16.1. The van der Waals surface area contributed by atoms with Crippen molar-refractivity contribution in [2.24, 2.45) is 0 Å². The summed E-state index contributed by atoms with van der Waals surface area (Å²) in [6.45, 7) is 3.58. The molecule has 0 unspecified atom stereocenters. The maximum Gasteiger partial charge on any atom is 0.317 e. The highest BCUT2D eigenvalue weighted by atomic mass is 32.2. The summed E-state index contributed by atoms with van der Waals surface area (Å²) in [5.41, 5.74) is 2.48. The van der Waals surface area contributed by atoms with E-state index < -0.39 is 10.0 Å². The number of urea groups is 1. The van der Waals surface area contributed by atoms with Crippen LogP contribution in [0.2, 0.25) is 0 Å². The van der Waals surface area contributed by atoms with E-state index in [1.165, 1.54) is 22.0 Å². The first-order chi connectivity index (χ1) is 13.9. The topological polar surface area (TPSA) is 93.5 Å². The zero-order valence-corrected chi connectivity index (χ0v) is 17.2. The van der Waals surface area contributed by atoms with Crippen molar-refractivity contribution in [3.05, 3.63) is 65.2 Å². The zero-order valence-electron chi connectivity index (χ0n) is 16.3. The van der Waals surface area contributed by atoms with Crippen LogP contribution in [0, 0.1) is 18.3 Å². The highest BCUT2D eigenvalue weighted by Gasteiger charge is 2.31. The SMILES string of the molecule is Cc1cccc(CCNC(=O)N2CCN(S(=O)(=O)c3ccccc3C#N)CC2)c1. The summed E-state index contributed by atoms with van der Waals surface area (Å²) >= 11 is 0. The van der Waals surface area contributed by atoms with E-state index >= 15 is 0 Å². The number of benzene rings is 2. The minimum Gasteiger partial charge on any atom is -0.338 e. The Morgan fingerprint density at radius 2 is 1.83 bits per heavy atom. The molecule has 1 fully saturated rings. The minimum atomic E-state index is -3.76. The van der Waals surface area contributed by atoms with Crippen LogP contribution in [0.5, 0.6) is 0 Å². The smallest absolute Gasteiger partial charge is 0.317 e. The Balaban J connectivity index is 1.53. The number of nitriles is 1. The van der Waals surface area contributed by atoms with Gasteiger partial charge in [-0.2, -0.15) is 9.57 Å². The summed E-state index contributed by atoms with van der Waals surface area (Å²) < 4.78 is 27.0. The van der Waals surface area contributed by atoms with E-state index in [1.807, 2.05) is 31.2 Å². The maximum atomic E-state index is 12.9. The lowest BCUT2D eigenvalue weighted by Crippen LogP contribution is -2.53. The molecule has 8 heteroatoms. The molecule has 0 atom stereocenters. The van der Waals surface area contributed by atoms with Crippen molar-refractivity contribution in [2.45, 2.75) is 18.2 Å². The summed E-state index contributed by atoms with van der Waals surface area (Å²) in [5, 5.41) is 12.1. The van der Waals surface area contributed by atoms with Gasteiger partial charge >= 0.3 is 6.03 Å². The van der Waals surface area contributed by atoms with Gasteiger partial charge in [0.2, 0.25) is 10.0 Å². The number of carbonyl (C=O) groups is 1. The lowest BCUT2D eigenvalue weighted by Gasteiger charge is -2.34. The van der Waals surface area contributed by atoms with E-state index in [-0.39, 0.29) is 29.6 Å². The van der Waals surface area contributed by atoms with Crippen LogP contribution >= 0.6 is 0 Å². The van der Waals surface area contributed by atoms with Crippen molar-refractivity contribution < 1.29 is 13.2 Å². The first kappa shape index (κ1) is 20.8. The Labute approximate surface area is 171 Å². The van der Waals surface area contributed by atoms with E-state index in [0.717, 1.165) is 12.0 Å². The quantitative estimate of drug-likeness (QED) is 0.814. The van der Waals surface area contributed by atoms with Gasteiger partial charge in [-0.25, -0.2) is 13.2 Å². The van der Waals surface area contributed by atoms with Crippen LogP contribution in [-0.2, 0) is 16.4 Å². The second kappa shape index (κ2) is 9.07. The number of piperazine rings is 1. The highest BCUT2D eigenvalue weighted by molar-refractivity contribution is 7.89. The Morgan fingerprint density at radius 1 is 1.10 bits per heavy atom. The zero-order chi connectivity index (χ0) is 20.9. The molecule has 7 nitrogen and oxygen atoms in total. The van der Waals surface area contributed by atoms with E-state index in [9.17, 15) is 18.5 Å². The van der Waals surface area contributed by atoms with Crippen LogP contribution < -0.4 is 5.32 Å². The molecule has 0 bridgehead atoms. The average molecular weight is 413 g/mol. The summed E-state index contributed by atoms with van der Waals surface area (Å²) in [4.78, 5) is 14.0. The van der Waals surface area contributed by atoms with Crippen LogP contribution in [0.1, 0.15) is 16.7 Å². The molecule has 0 radical (unpaired) electrons. The molecule has 0 spiro atoms. The Kier molecular flexibility index (Phi) is 6.52. The number of rotatable bonds is 5. The van der Waals surface area contributed by atoms with Gasteiger partial charge in [0.15, 0.2) is 0 Å². The number of nitrogens with zero attached hydrogens (tertiary/aromatic N) is 3. The van der Waals surface area contributed by atoms with Gasteiger partial charge in [0, 0.05) is 32.7 Å². The fourth-order valence-corrected chi connectivity index (χ4v) is 4.91. The number of amides is 2. The molecule has 3 rings (SSSR count). The number of nitrogens with one attached hydrogen (secondary N) is 1. The molecule has 1 aliphatic rings. The van der Waals surface area contributed by atoms with Crippen molar-refractivity contribution in [3.63, 3.8) is 0 Å². The fourth-order valence-electron chi connectivity index (χ4n) is 3.35. The van der Waals surface area contributed by atoms with Crippen LogP contribution in [0.25, 0.3) is 0 Å². The lowest BCUT2D eigenvalue weighted by molar-refractivity contribution is 0.172. The molecule has 0 saturated carbocycles. The number of aryl methyl sites for hydroxylation is 1. The third kappa shape index (κ3) is 4.94. The molecule has 1 heterocycles. The number of carbonyl (C=O) groups excluding carboxylic acids is 1. The minimum absolute atomic E-state index is 0.0126. The van der Waals surface area contributed by atoms with Gasteiger partial charge in [0.1, 0.15) is 6.07 Å². The predicted octanol–water partition coefficient (Wildman–Crippen LogP) is 2.13. The molecule has 2 aromatic carbocycles. The van der Waals surface area contributed by atoms with Crippen molar-refractivity contribution in [3.8, 4) is 6.07 Å². The molecule has 29 heavy (non-hydrogen) atoms. The van der Waals surface area contributed by atoms with Crippen LogP contribution in [-0.4, -0.2) is 56.4 Å². The molecular weight excluding hydrogens is 388 g/mol. The van der Waals surface area contributed by atoms with Gasteiger partial charge in [0.25, 0.3) is 0 Å². The summed E-state index contributed by atoms with van der Waals surface area (Å²) in [5.74, 6) is 0. The van der Waals surface area contributed by atoms with Crippen molar-refractivity contribution in [1.29, 1.82) is 5.26 Å². The standard InChI is InChI=1S/C21H24N4O3S/c1-17-5-4-6-18(15-17)9-10-23-21(26)24-11-13-25(14-12-24)29(27,28)20-8-3-2-7-19(20)16-22/h2-8,15H,9-14H2,1H3,(H,23,26). The Bertz CT molecular complexity index is 1020. The van der Waals surface area contributed by atoms with Crippen molar-refractivity contribution >= 4 is 16.1 Å². The van der Waals surface area contributed by atoms with Gasteiger partial charge in [-0.1, -0.05) is 42.0 Å². The number of hydrogen-bond acceptors (Lipinski definition) is 4. The normalized spacial score (nSPS) is 15.0.